The lowest BCUT2D eigenvalue weighted by atomic mass is 10.2. The highest BCUT2D eigenvalue weighted by atomic mass is 127. The number of halogens is 2. The second-order valence-electron chi connectivity index (χ2n) is 3.46. The van der Waals surface area contributed by atoms with Gasteiger partial charge in [-0.15, -0.1) is 0 Å². The van der Waals surface area contributed by atoms with Crippen LogP contribution in [0, 0.1) is 19.5 Å². The van der Waals surface area contributed by atoms with Crippen LogP contribution in [0.1, 0.15) is 12.8 Å². The first-order valence-electron chi connectivity index (χ1n) is 5.13. The topological polar surface area (TPSA) is 81.2 Å². The van der Waals surface area contributed by atoms with Gasteiger partial charge in [-0.3, -0.25) is 10.1 Å². The van der Waals surface area contributed by atoms with Crippen molar-refractivity contribution in [3.05, 3.63) is 31.6 Å². The van der Waals surface area contributed by atoms with E-state index in [-0.39, 0.29) is 14.9 Å². The van der Waals surface area contributed by atoms with Crippen molar-refractivity contribution in [3.8, 4) is 0 Å². The number of nitrogens with two attached hydrogens (primary N) is 1. The van der Waals surface area contributed by atoms with E-state index in [0.29, 0.717) is 13.1 Å². The third-order valence-corrected chi connectivity index (χ3v) is 3.01. The molecular formula is C10H13FIN3O2. The fourth-order valence-corrected chi connectivity index (χ4v) is 1.77. The van der Waals surface area contributed by atoms with E-state index in [1.807, 2.05) is 0 Å². The highest BCUT2D eigenvalue weighted by Gasteiger charge is 2.16. The molecule has 0 saturated carbocycles. The maximum Gasteiger partial charge on any atom is 0.293 e. The molecule has 0 unspecified atom stereocenters. The summed E-state index contributed by atoms with van der Waals surface area (Å²) in [5.41, 5.74) is 5.44. The van der Waals surface area contributed by atoms with Gasteiger partial charge in [-0.1, -0.05) is 0 Å². The lowest BCUT2D eigenvalue weighted by Gasteiger charge is -2.07. The Labute approximate surface area is 112 Å². The molecule has 0 aromatic heterocycles. The van der Waals surface area contributed by atoms with E-state index in [2.05, 4.69) is 5.32 Å². The van der Waals surface area contributed by atoms with Gasteiger partial charge in [-0.2, -0.15) is 0 Å². The Morgan fingerprint density at radius 1 is 1.47 bits per heavy atom. The fraction of sp³-hybridized carbons (Fsp3) is 0.400. The predicted molar refractivity (Wildman–Crippen MR) is 72.5 cm³/mol. The first-order chi connectivity index (χ1) is 8.06. The number of benzene rings is 1. The summed E-state index contributed by atoms with van der Waals surface area (Å²) in [5, 5.41) is 13.7. The van der Waals surface area contributed by atoms with Gasteiger partial charge in [-0.25, -0.2) is 4.39 Å². The largest absolute Gasteiger partial charge is 0.379 e. The minimum Gasteiger partial charge on any atom is -0.379 e. The molecule has 7 heteroatoms. The molecule has 17 heavy (non-hydrogen) atoms. The first kappa shape index (κ1) is 14.1. The maximum absolute atomic E-state index is 13.3. The second-order valence-corrected chi connectivity index (χ2v) is 4.63. The standard InChI is InChI=1S/C10H13FIN3O2/c11-7-5-9(14-4-2-1-3-13)10(15(16)17)6-8(7)12/h5-6,14H,1-4,13H2. The van der Waals surface area contributed by atoms with E-state index >= 15 is 0 Å². The van der Waals surface area contributed by atoms with Crippen molar-refractivity contribution >= 4 is 34.0 Å². The van der Waals surface area contributed by atoms with Crippen LogP contribution in [0.25, 0.3) is 0 Å². The quantitative estimate of drug-likeness (QED) is 0.356. The first-order valence-corrected chi connectivity index (χ1v) is 6.21. The van der Waals surface area contributed by atoms with Gasteiger partial charge in [0.25, 0.3) is 5.69 Å². The van der Waals surface area contributed by atoms with Gasteiger partial charge in [0.2, 0.25) is 0 Å². The van der Waals surface area contributed by atoms with E-state index in [0.717, 1.165) is 18.9 Å². The highest BCUT2D eigenvalue weighted by Crippen LogP contribution is 2.28. The summed E-state index contributed by atoms with van der Waals surface area (Å²) in [4.78, 5) is 10.3. The zero-order valence-electron chi connectivity index (χ0n) is 9.08. The van der Waals surface area contributed by atoms with Crippen LogP contribution >= 0.6 is 22.6 Å². The summed E-state index contributed by atoms with van der Waals surface area (Å²) in [6, 6.07) is 2.38. The Morgan fingerprint density at radius 3 is 2.76 bits per heavy atom. The van der Waals surface area contributed by atoms with E-state index in [9.17, 15) is 14.5 Å². The molecule has 0 atom stereocenters. The van der Waals surface area contributed by atoms with Crippen LogP contribution < -0.4 is 11.1 Å². The van der Waals surface area contributed by atoms with Crippen LogP contribution in [0.5, 0.6) is 0 Å². The Bertz CT molecular complexity index is 415. The number of rotatable bonds is 6. The number of anilines is 1. The van der Waals surface area contributed by atoms with Gasteiger partial charge in [0.1, 0.15) is 11.5 Å². The fourth-order valence-electron chi connectivity index (χ4n) is 1.32. The van der Waals surface area contributed by atoms with E-state index in [4.69, 9.17) is 5.73 Å². The van der Waals surface area contributed by atoms with Crippen molar-refractivity contribution in [1.29, 1.82) is 0 Å². The molecule has 1 rings (SSSR count). The SMILES string of the molecule is NCCCCNc1cc(F)c(I)cc1[N+](=O)[O-]. The van der Waals surface area contributed by atoms with Crippen molar-refractivity contribution in [2.45, 2.75) is 12.8 Å². The molecule has 0 spiro atoms. The molecule has 1 aromatic rings. The third-order valence-electron chi connectivity index (χ3n) is 2.18. The van der Waals surface area contributed by atoms with Gasteiger partial charge in [0, 0.05) is 18.7 Å². The zero-order valence-corrected chi connectivity index (χ0v) is 11.2. The summed E-state index contributed by atoms with van der Waals surface area (Å²) >= 11 is 1.73. The monoisotopic (exact) mass is 353 g/mol. The summed E-state index contributed by atoms with van der Waals surface area (Å²) in [6.45, 7) is 1.11. The molecule has 0 radical (unpaired) electrons. The normalized spacial score (nSPS) is 10.3. The second kappa shape index (κ2) is 6.70. The van der Waals surface area contributed by atoms with Gasteiger partial charge in [-0.05, 0) is 42.0 Å². The summed E-state index contributed by atoms with van der Waals surface area (Å²) in [5.74, 6) is -0.461. The lowest BCUT2D eigenvalue weighted by Crippen LogP contribution is -2.07. The predicted octanol–water partition coefficient (Wildman–Crippen LogP) is 2.49. The van der Waals surface area contributed by atoms with E-state index < -0.39 is 10.7 Å². The molecule has 5 nitrogen and oxygen atoms in total. The van der Waals surface area contributed by atoms with Crippen LogP contribution in [-0.4, -0.2) is 18.0 Å². The smallest absolute Gasteiger partial charge is 0.293 e. The molecule has 0 heterocycles. The number of nitro benzene ring substituents is 1. The molecule has 3 N–H and O–H groups in total. The minimum absolute atomic E-state index is 0.108. The van der Waals surface area contributed by atoms with Crippen molar-refractivity contribution in [2.24, 2.45) is 5.73 Å². The van der Waals surface area contributed by atoms with E-state index in [1.165, 1.54) is 6.07 Å². The minimum atomic E-state index is -0.521. The van der Waals surface area contributed by atoms with Gasteiger partial charge in [0.15, 0.2) is 0 Å². The molecular weight excluding hydrogens is 340 g/mol. The number of unbranched alkanes of at least 4 members (excludes halogenated alkanes) is 1. The number of hydrogen-bond donors (Lipinski definition) is 2. The van der Waals surface area contributed by atoms with Crippen LogP contribution in [0.3, 0.4) is 0 Å². The average molecular weight is 353 g/mol. The molecule has 0 bridgehead atoms. The molecule has 1 aromatic carbocycles. The molecule has 0 aliphatic carbocycles. The van der Waals surface area contributed by atoms with Crippen LogP contribution in [0.4, 0.5) is 15.8 Å². The molecule has 0 fully saturated rings. The molecule has 0 saturated heterocycles. The molecule has 0 amide bonds. The highest BCUT2D eigenvalue weighted by molar-refractivity contribution is 14.1. The summed E-state index contributed by atoms with van der Waals surface area (Å²) < 4.78 is 13.5. The summed E-state index contributed by atoms with van der Waals surface area (Å²) in [6.07, 6.45) is 1.62. The van der Waals surface area contributed by atoms with Crippen molar-refractivity contribution in [3.63, 3.8) is 0 Å². The lowest BCUT2D eigenvalue weighted by molar-refractivity contribution is -0.384. The van der Waals surface area contributed by atoms with Crippen molar-refractivity contribution in [1.82, 2.24) is 0 Å². The molecule has 0 aliphatic heterocycles. The summed E-state index contributed by atoms with van der Waals surface area (Å²) in [7, 11) is 0. The van der Waals surface area contributed by atoms with Gasteiger partial charge < -0.3 is 11.1 Å². The number of nitro groups is 1. The van der Waals surface area contributed by atoms with Gasteiger partial charge >= 0.3 is 0 Å². The Balaban J connectivity index is 2.81. The Hall–Kier alpha value is -0.960. The Morgan fingerprint density at radius 2 is 2.18 bits per heavy atom. The molecule has 94 valence electrons. The Kier molecular flexibility index (Phi) is 5.56. The third kappa shape index (κ3) is 4.08. The van der Waals surface area contributed by atoms with E-state index in [1.54, 1.807) is 22.6 Å². The molecule has 0 aliphatic rings. The number of nitrogens with zero attached hydrogens (tertiary/aromatic N) is 1. The zero-order chi connectivity index (χ0) is 12.8. The average Bonchev–Trinajstić information content (AvgIpc) is 2.28. The number of nitrogens with one attached hydrogen (secondary N) is 1. The maximum atomic E-state index is 13.3. The number of hydrogen-bond acceptors (Lipinski definition) is 4. The van der Waals surface area contributed by atoms with Crippen molar-refractivity contribution < 1.29 is 9.31 Å². The van der Waals surface area contributed by atoms with Crippen LogP contribution in [0.15, 0.2) is 12.1 Å². The van der Waals surface area contributed by atoms with Crippen molar-refractivity contribution in [2.75, 3.05) is 18.4 Å². The van der Waals surface area contributed by atoms with Crippen LogP contribution in [-0.2, 0) is 0 Å². The van der Waals surface area contributed by atoms with Gasteiger partial charge in [0.05, 0.1) is 8.49 Å². The van der Waals surface area contributed by atoms with Crippen LogP contribution in [0.2, 0.25) is 0 Å².